The molecule has 5 heteroatoms. The Kier molecular flexibility index (Phi) is 6.58. The number of aryl methyl sites for hydroxylation is 1. The van der Waals surface area contributed by atoms with Crippen LogP contribution in [0.5, 0.6) is 0 Å². The summed E-state index contributed by atoms with van der Waals surface area (Å²) in [4.78, 5) is 16.4. The van der Waals surface area contributed by atoms with Crippen molar-refractivity contribution in [2.45, 2.75) is 32.1 Å². The van der Waals surface area contributed by atoms with Gasteiger partial charge in [0.15, 0.2) is 0 Å². The molecular weight excluding hydrogens is 310 g/mol. The fraction of sp³-hybridized carbons (Fsp3) is 0.278. The molecule has 0 aliphatic rings. The van der Waals surface area contributed by atoms with Crippen LogP contribution < -0.4 is 5.32 Å². The fourth-order valence-corrected chi connectivity index (χ4v) is 2.38. The van der Waals surface area contributed by atoms with Crippen LogP contribution in [-0.2, 0) is 17.6 Å². The molecule has 0 fully saturated rings. The van der Waals surface area contributed by atoms with E-state index in [2.05, 4.69) is 16.4 Å². The normalized spacial score (nSPS) is 10.1. The van der Waals surface area contributed by atoms with Crippen molar-refractivity contribution in [3.8, 4) is 6.07 Å². The van der Waals surface area contributed by atoms with Gasteiger partial charge in [0.2, 0.25) is 5.91 Å². The van der Waals surface area contributed by atoms with Crippen molar-refractivity contribution in [2.75, 3.05) is 5.32 Å². The average Bonchev–Trinajstić information content (AvgIpc) is 2.55. The quantitative estimate of drug-likeness (QED) is 0.777. The van der Waals surface area contributed by atoms with E-state index in [-0.39, 0.29) is 12.3 Å². The minimum absolute atomic E-state index is 0.123. The number of aromatic nitrogens is 1. The minimum Gasteiger partial charge on any atom is -0.324 e. The second-order valence-corrected chi connectivity index (χ2v) is 5.63. The minimum atomic E-state index is -0.123. The molecule has 0 saturated heterocycles. The molecule has 1 amide bonds. The van der Waals surface area contributed by atoms with Gasteiger partial charge in [-0.3, -0.25) is 9.78 Å². The number of benzene rings is 1. The van der Waals surface area contributed by atoms with Crippen molar-refractivity contribution in [3.63, 3.8) is 0 Å². The highest BCUT2D eigenvalue weighted by Crippen LogP contribution is 2.16. The largest absolute Gasteiger partial charge is 0.324 e. The van der Waals surface area contributed by atoms with Crippen LogP contribution in [-0.4, -0.2) is 10.9 Å². The third-order valence-electron chi connectivity index (χ3n) is 3.39. The lowest BCUT2D eigenvalue weighted by Gasteiger charge is -2.07. The molecule has 2 aromatic rings. The van der Waals surface area contributed by atoms with E-state index in [1.165, 1.54) is 0 Å². The Labute approximate surface area is 141 Å². The van der Waals surface area contributed by atoms with Crippen LogP contribution in [0.2, 0.25) is 5.02 Å². The molecule has 0 radical (unpaired) electrons. The summed E-state index contributed by atoms with van der Waals surface area (Å²) in [5, 5.41) is 11.9. The molecule has 0 bridgehead atoms. The van der Waals surface area contributed by atoms with Crippen molar-refractivity contribution < 1.29 is 4.79 Å². The first-order chi connectivity index (χ1) is 11.2. The standard InChI is InChI=1S/C18H18ClN3O/c19-17-8-4-3-6-14(17)12-18(23)22-16-10-9-15(21-13-16)7-2-1-5-11-20/h3-4,6,8-10,13H,1-2,5,7,12H2,(H,22,23). The first-order valence-corrected chi connectivity index (χ1v) is 7.92. The molecule has 0 aliphatic heterocycles. The summed E-state index contributed by atoms with van der Waals surface area (Å²) in [5.74, 6) is -0.123. The van der Waals surface area contributed by atoms with Crippen molar-refractivity contribution in [3.05, 3.63) is 58.9 Å². The lowest BCUT2D eigenvalue weighted by molar-refractivity contribution is -0.115. The fourth-order valence-electron chi connectivity index (χ4n) is 2.18. The SMILES string of the molecule is N#CCCCCc1ccc(NC(=O)Cc2ccccc2Cl)cn1. The zero-order valence-electron chi connectivity index (χ0n) is 12.8. The summed E-state index contributed by atoms with van der Waals surface area (Å²) in [5.41, 5.74) is 2.43. The van der Waals surface area contributed by atoms with E-state index in [1.807, 2.05) is 30.3 Å². The van der Waals surface area contributed by atoms with Gasteiger partial charge in [-0.15, -0.1) is 0 Å². The van der Waals surface area contributed by atoms with Gasteiger partial charge in [-0.05, 0) is 43.0 Å². The number of nitrogens with one attached hydrogen (secondary N) is 1. The van der Waals surface area contributed by atoms with E-state index < -0.39 is 0 Å². The Morgan fingerprint density at radius 1 is 1.22 bits per heavy atom. The van der Waals surface area contributed by atoms with Gasteiger partial charge in [0.25, 0.3) is 0 Å². The van der Waals surface area contributed by atoms with Gasteiger partial charge in [-0.2, -0.15) is 5.26 Å². The van der Waals surface area contributed by atoms with Crippen molar-refractivity contribution >= 4 is 23.2 Å². The lowest BCUT2D eigenvalue weighted by atomic mass is 10.1. The molecule has 0 aliphatic carbocycles. The summed E-state index contributed by atoms with van der Waals surface area (Å²) in [7, 11) is 0. The van der Waals surface area contributed by atoms with Crippen LogP contribution in [0.3, 0.4) is 0 Å². The number of halogens is 1. The van der Waals surface area contributed by atoms with Crippen molar-refractivity contribution in [2.24, 2.45) is 0 Å². The molecular formula is C18H18ClN3O. The summed E-state index contributed by atoms with van der Waals surface area (Å²) in [6.07, 6.45) is 5.14. The van der Waals surface area contributed by atoms with Crippen LogP contribution in [0, 0.1) is 11.3 Å². The van der Waals surface area contributed by atoms with Crippen LogP contribution in [0.15, 0.2) is 42.6 Å². The molecule has 1 aromatic carbocycles. The van der Waals surface area contributed by atoms with Crippen molar-refractivity contribution in [1.82, 2.24) is 4.98 Å². The van der Waals surface area contributed by atoms with Gasteiger partial charge in [-0.25, -0.2) is 0 Å². The number of carbonyl (C=O) groups excluding carboxylic acids is 1. The number of nitriles is 1. The van der Waals surface area contributed by atoms with E-state index in [1.54, 1.807) is 12.3 Å². The Morgan fingerprint density at radius 2 is 2.04 bits per heavy atom. The lowest BCUT2D eigenvalue weighted by Crippen LogP contribution is -2.14. The summed E-state index contributed by atoms with van der Waals surface area (Å²) in [6.45, 7) is 0. The van der Waals surface area contributed by atoms with Crippen LogP contribution >= 0.6 is 11.6 Å². The van der Waals surface area contributed by atoms with Crippen molar-refractivity contribution in [1.29, 1.82) is 5.26 Å². The topological polar surface area (TPSA) is 65.8 Å². The second kappa shape index (κ2) is 8.92. The molecule has 4 nitrogen and oxygen atoms in total. The maximum atomic E-state index is 12.0. The Bertz CT molecular complexity index is 692. The van der Waals surface area contributed by atoms with E-state index in [4.69, 9.17) is 16.9 Å². The summed E-state index contributed by atoms with van der Waals surface area (Å²) >= 11 is 6.05. The summed E-state index contributed by atoms with van der Waals surface area (Å²) in [6, 6.07) is 13.2. The Balaban J connectivity index is 1.84. The van der Waals surface area contributed by atoms with Gasteiger partial charge in [0, 0.05) is 17.1 Å². The zero-order chi connectivity index (χ0) is 16.5. The van der Waals surface area contributed by atoms with E-state index in [9.17, 15) is 4.79 Å². The Hall–Kier alpha value is -2.38. The third kappa shape index (κ3) is 5.72. The monoisotopic (exact) mass is 327 g/mol. The van der Waals surface area contributed by atoms with Gasteiger partial charge in [0.1, 0.15) is 0 Å². The number of carbonyl (C=O) groups is 1. The highest BCUT2D eigenvalue weighted by atomic mass is 35.5. The van der Waals surface area contributed by atoms with Gasteiger partial charge < -0.3 is 5.32 Å². The first kappa shape index (κ1) is 17.0. The number of rotatable bonds is 7. The number of amides is 1. The predicted octanol–water partition coefficient (Wildman–Crippen LogP) is 4.15. The van der Waals surface area contributed by atoms with Gasteiger partial charge in [-0.1, -0.05) is 29.8 Å². The number of hydrogen-bond acceptors (Lipinski definition) is 3. The first-order valence-electron chi connectivity index (χ1n) is 7.54. The summed E-state index contributed by atoms with van der Waals surface area (Å²) < 4.78 is 0. The average molecular weight is 328 g/mol. The van der Waals surface area contributed by atoms with Gasteiger partial charge in [0.05, 0.1) is 24.4 Å². The molecule has 118 valence electrons. The highest BCUT2D eigenvalue weighted by molar-refractivity contribution is 6.31. The van der Waals surface area contributed by atoms with Gasteiger partial charge >= 0.3 is 0 Å². The molecule has 0 spiro atoms. The number of anilines is 1. The van der Waals surface area contributed by atoms with E-state index >= 15 is 0 Å². The zero-order valence-corrected chi connectivity index (χ0v) is 13.5. The third-order valence-corrected chi connectivity index (χ3v) is 3.76. The smallest absolute Gasteiger partial charge is 0.228 e. The second-order valence-electron chi connectivity index (χ2n) is 5.22. The van der Waals surface area contributed by atoms with Crippen LogP contribution in [0.4, 0.5) is 5.69 Å². The molecule has 1 heterocycles. The molecule has 0 saturated carbocycles. The number of nitrogens with zero attached hydrogens (tertiary/aromatic N) is 2. The number of pyridine rings is 1. The highest BCUT2D eigenvalue weighted by Gasteiger charge is 2.07. The van der Waals surface area contributed by atoms with Crippen LogP contribution in [0.25, 0.3) is 0 Å². The molecule has 23 heavy (non-hydrogen) atoms. The molecule has 1 N–H and O–H groups in total. The van der Waals surface area contributed by atoms with E-state index in [0.29, 0.717) is 17.1 Å². The van der Waals surface area contributed by atoms with Crippen LogP contribution in [0.1, 0.15) is 30.5 Å². The maximum Gasteiger partial charge on any atom is 0.228 e. The molecule has 0 atom stereocenters. The Morgan fingerprint density at radius 3 is 2.74 bits per heavy atom. The number of hydrogen-bond donors (Lipinski definition) is 1. The predicted molar refractivity (Wildman–Crippen MR) is 91.2 cm³/mol. The molecule has 1 aromatic heterocycles. The molecule has 2 rings (SSSR count). The van der Waals surface area contributed by atoms with E-state index in [0.717, 1.165) is 30.5 Å². The maximum absolute atomic E-state index is 12.0. The number of unbranched alkanes of at least 4 members (excludes halogenated alkanes) is 2. The molecule has 0 unspecified atom stereocenters.